The van der Waals surface area contributed by atoms with Gasteiger partial charge in [0.15, 0.2) is 0 Å². The maximum Gasteiger partial charge on any atom is 1.00 e. The zero-order valence-electron chi connectivity index (χ0n) is 10.2. The predicted octanol–water partition coefficient (Wildman–Crippen LogP) is -1.64. The summed E-state index contributed by atoms with van der Waals surface area (Å²) in [5.74, 6) is -1.22. The molecule has 0 radical (unpaired) electrons. The zero-order chi connectivity index (χ0) is 11.8. The van der Waals surface area contributed by atoms with Crippen LogP contribution in [0.4, 0.5) is 0 Å². The third kappa shape index (κ3) is 3.29. The number of aromatic carboxylic acids is 1. The van der Waals surface area contributed by atoms with Crippen molar-refractivity contribution in [2.75, 3.05) is 0 Å². The fraction of sp³-hybridized carbons (Fsp3) is 0.222. The number of hydrogen-bond acceptors (Lipinski definition) is 3. The molecule has 0 aliphatic rings. The molecule has 16 heavy (non-hydrogen) atoms. The van der Waals surface area contributed by atoms with Crippen molar-refractivity contribution in [2.45, 2.75) is 18.7 Å². The molecule has 0 atom stereocenters. The van der Waals surface area contributed by atoms with Crippen LogP contribution in [0.25, 0.3) is 0 Å². The molecule has 0 heterocycles. The van der Waals surface area contributed by atoms with E-state index in [1.165, 1.54) is 19.1 Å². The summed E-state index contributed by atoms with van der Waals surface area (Å²) in [5, 5.41) is 8.80. The van der Waals surface area contributed by atoms with Crippen molar-refractivity contribution in [1.82, 2.24) is 0 Å². The minimum atomic E-state index is -4.38. The Bertz CT molecular complexity index is 526. The molecule has 84 valence electrons. The van der Waals surface area contributed by atoms with Gasteiger partial charge >= 0.3 is 35.5 Å². The average molecular weight is 254 g/mol. The van der Waals surface area contributed by atoms with E-state index in [1.54, 1.807) is 6.92 Å². The number of carbonyl (C=O) groups is 1. The van der Waals surface area contributed by atoms with Gasteiger partial charge in [-0.2, -0.15) is 8.42 Å². The molecule has 7 heteroatoms. The Hall–Kier alpha value is -0.400. The largest absolute Gasteiger partial charge is 1.00 e. The van der Waals surface area contributed by atoms with E-state index in [0.717, 1.165) is 0 Å². The number of carboxylic acid groups (broad SMARTS) is 1. The van der Waals surface area contributed by atoms with E-state index in [0.29, 0.717) is 5.56 Å². The Morgan fingerprint density at radius 3 is 2.19 bits per heavy atom. The fourth-order valence-corrected chi connectivity index (χ4v) is 2.15. The van der Waals surface area contributed by atoms with Crippen LogP contribution in [-0.2, 0) is 10.1 Å². The molecule has 0 aliphatic carbocycles. The van der Waals surface area contributed by atoms with E-state index in [-0.39, 0.29) is 47.0 Å². The van der Waals surface area contributed by atoms with Gasteiger partial charge in [0.25, 0.3) is 10.1 Å². The molecule has 2 N–H and O–H groups in total. The van der Waals surface area contributed by atoms with Crippen molar-refractivity contribution in [1.29, 1.82) is 0 Å². The van der Waals surface area contributed by atoms with Crippen molar-refractivity contribution in [3.05, 3.63) is 28.8 Å². The number of hydrogen-bond donors (Lipinski definition) is 2. The molecule has 5 nitrogen and oxygen atoms in total. The maximum atomic E-state index is 10.9. The van der Waals surface area contributed by atoms with Crippen LogP contribution >= 0.6 is 0 Å². The van der Waals surface area contributed by atoms with Crippen LogP contribution in [0, 0.1) is 13.8 Å². The van der Waals surface area contributed by atoms with Gasteiger partial charge in [-0.25, -0.2) is 4.79 Å². The normalized spacial score (nSPS) is 10.7. The molecular formula is C9H11NaO5S. The first kappa shape index (κ1) is 15.6. The minimum absolute atomic E-state index is 0. The third-order valence-corrected chi connectivity index (χ3v) is 2.99. The van der Waals surface area contributed by atoms with Crippen LogP contribution in [0.3, 0.4) is 0 Å². The van der Waals surface area contributed by atoms with Crippen LogP contribution in [-0.4, -0.2) is 24.0 Å². The van der Waals surface area contributed by atoms with Crippen LogP contribution in [0.1, 0.15) is 22.9 Å². The number of rotatable bonds is 2. The smallest absolute Gasteiger partial charge is 1.00 e. The first-order chi connectivity index (χ1) is 6.73. The molecular weight excluding hydrogens is 243 g/mol. The van der Waals surface area contributed by atoms with Crippen molar-refractivity contribution in [2.24, 2.45) is 0 Å². The van der Waals surface area contributed by atoms with E-state index in [1.807, 2.05) is 0 Å². The SMILES string of the molecule is Cc1cc(C(=O)O)c(C)c(S(=O)(=O)O)c1.[H-].[Na+]. The van der Waals surface area contributed by atoms with E-state index < -0.39 is 16.1 Å². The Balaban J connectivity index is 0. The summed E-state index contributed by atoms with van der Waals surface area (Å²) < 4.78 is 30.8. The minimum Gasteiger partial charge on any atom is -1.00 e. The second kappa shape index (κ2) is 5.29. The fourth-order valence-electron chi connectivity index (χ4n) is 1.32. The second-order valence-electron chi connectivity index (χ2n) is 3.22. The van der Waals surface area contributed by atoms with Crippen molar-refractivity contribution in [3.63, 3.8) is 0 Å². The second-order valence-corrected chi connectivity index (χ2v) is 4.61. The summed E-state index contributed by atoms with van der Waals surface area (Å²) in [7, 11) is -4.38. The first-order valence-corrected chi connectivity index (χ1v) is 5.49. The third-order valence-electron chi connectivity index (χ3n) is 2.01. The van der Waals surface area contributed by atoms with Gasteiger partial charge in [-0.3, -0.25) is 4.55 Å². The molecule has 1 aromatic carbocycles. The molecule has 1 aromatic rings. The summed E-state index contributed by atoms with van der Waals surface area (Å²) >= 11 is 0. The Labute approximate surface area is 117 Å². The number of aryl methyl sites for hydroxylation is 1. The standard InChI is InChI=1S/C9H10O5S.Na.H/c1-5-3-7(9(10)11)6(2)8(4-5)15(12,13)14;;/h3-4H,1-2H3,(H,10,11)(H,12,13,14);;/q;+1;-1. The molecule has 0 aliphatic heterocycles. The van der Waals surface area contributed by atoms with Gasteiger partial charge in [0.2, 0.25) is 0 Å². The molecule has 0 bridgehead atoms. The van der Waals surface area contributed by atoms with Gasteiger partial charge in [0, 0.05) is 0 Å². The summed E-state index contributed by atoms with van der Waals surface area (Å²) in [6.45, 7) is 2.90. The summed E-state index contributed by atoms with van der Waals surface area (Å²) in [6.07, 6.45) is 0. The topological polar surface area (TPSA) is 91.7 Å². The van der Waals surface area contributed by atoms with Crippen molar-refractivity contribution < 1.29 is 53.9 Å². The summed E-state index contributed by atoms with van der Waals surface area (Å²) in [5.41, 5.74) is 0.379. The van der Waals surface area contributed by atoms with E-state index >= 15 is 0 Å². The summed E-state index contributed by atoms with van der Waals surface area (Å²) in [4.78, 5) is 10.4. The van der Waals surface area contributed by atoms with Gasteiger partial charge in [-0.1, -0.05) is 0 Å². The monoisotopic (exact) mass is 254 g/mol. The molecule has 0 amide bonds. The molecule has 0 unspecified atom stereocenters. The molecule has 0 aromatic heterocycles. The predicted molar refractivity (Wildman–Crippen MR) is 53.8 cm³/mol. The molecule has 0 saturated carbocycles. The van der Waals surface area contributed by atoms with Crippen LogP contribution in [0.15, 0.2) is 17.0 Å². The van der Waals surface area contributed by atoms with E-state index in [2.05, 4.69) is 0 Å². The van der Waals surface area contributed by atoms with Gasteiger partial charge in [-0.15, -0.1) is 0 Å². The zero-order valence-corrected chi connectivity index (χ0v) is 12.0. The van der Waals surface area contributed by atoms with Crippen LogP contribution in [0.2, 0.25) is 0 Å². The molecule has 0 fully saturated rings. The van der Waals surface area contributed by atoms with E-state index in [4.69, 9.17) is 9.66 Å². The van der Waals surface area contributed by atoms with Crippen molar-refractivity contribution >= 4 is 16.1 Å². The van der Waals surface area contributed by atoms with E-state index in [9.17, 15) is 13.2 Å². The van der Waals surface area contributed by atoms with Crippen LogP contribution < -0.4 is 29.6 Å². The Kier molecular flexibility index (Phi) is 5.15. The van der Waals surface area contributed by atoms with Crippen molar-refractivity contribution in [3.8, 4) is 0 Å². The quantitative estimate of drug-likeness (QED) is 0.488. The van der Waals surface area contributed by atoms with Crippen LogP contribution in [0.5, 0.6) is 0 Å². The van der Waals surface area contributed by atoms with Gasteiger partial charge in [0.05, 0.1) is 10.5 Å². The maximum absolute atomic E-state index is 10.9. The Morgan fingerprint density at radius 2 is 1.81 bits per heavy atom. The Morgan fingerprint density at radius 1 is 1.31 bits per heavy atom. The van der Waals surface area contributed by atoms with Gasteiger partial charge in [0.1, 0.15) is 0 Å². The first-order valence-electron chi connectivity index (χ1n) is 4.05. The average Bonchev–Trinajstić information content (AvgIpc) is 2.06. The summed E-state index contributed by atoms with van der Waals surface area (Å²) in [6, 6.07) is 2.59. The van der Waals surface area contributed by atoms with Gasteiger partial charge in [-0.05, 0) is 37.1 Å². The molecule has 1 rings (SSSR count). The van der Waals surface area contributed by atoms with Gasteiger partial charge < -0.3 is 6.53 Å². The number of benzene rings is 1. The molecule has 0 saturated heterocycles. The number of carboxylic acids is 1. The molecule has 0 spiro atoms.